The van der Waals surface area contributed by atoms with Gasteiger partial charge in [0.05, 0.1) is 12.1 Å². The largest absolute Gasteiger partial charge is 0.416 e. The molecule has 0 saturated carbocycles. The van der Waals surface area contributed by atoms with Crippen molar-refractivity contribution < 1.29 is 27.6 Å². The maximum Gasteiger partial charge on any atom is 0.416 e. The third-order valence-corrected chi connectivity index (χ3v) is 4.88. The molecule has 3 amide bonds. The number of aromatic amines is 1. The molecule has 0 bridgehead atoms. The summed E-state index contributed by atoms with van der Waals surface area (Å²) in [5.41, 5.74) is 6.05. The first-order valence-electron chi connectivity index (χ1n) is 9.95. The van der Waals surface area contributed by atoms with E-state index in [1.165, 1.54) is 6.07 Å². The number of carbonyl (C=O) groups excluding carboxylic acids is 3. The van der Waals surface area contributed by atoms with Gasteiger partial charge in [0.25, 0.3) is 5.91 Å². The van der Waals surface area contributed by atoms with Crippen molar-refractivity contribution in [2.45, 2.75) is 18.8 Å². The monoisotopic (exact) mass is 461 g/mol. The number of aromatic nitrogens is 1. The van der Waals surface area contributed by atoms with Crippen molar-refractivity contribution >= 4 is 28.6 Å². The first kappa shape index (κ1) is 23.8. The molecule has 3 rings (SSSR count). The van der Waals surface area contributed by atoms with E-state index < -0.39 is 42.0 Å². The molecule has 0 unspecified atom stereocenters. The molecule has 11 heteroatoms. The van der Waals surface area contributed by atoms with Crippen LogP contribution >= 0.6 is 0 Å². The Bertz CT molecular complexity index is 1160. The highest BCUT2D eigenvalue weighted by Crippen LogP contribution is 2.29. The second-order valence-electron chi connectivity index (χ2n) is 7.27. The van der Waals surface area contributed by atoms with Gasteiger partial charge in [-0.05, 0) is 29.8 Å². The Labute approximate surface area is 186 Å². The lowest BCUT2D eigenvalue weighted by atomic mass is 10.1. The van der Waals surface area contributed by atoms with E-state index in [2.05, 4.69) is 20.9 Å². The van der Waals surface area contributed by atoms with E-state index >= 15 is 0 Å². The summed E-state index contributed by atoms with van der Waals surface area (Å²) in [6, 6.07) is 10.5. The molecule has 0 spiro atoms. The number of halogens is 3. The summed E-state index contributed by atoms with van der Waals surface area (Å²) in [4.78, 5) is 39.1. The van der Waals surface area contributed by atoms with Gasteiger partial charge in [0.15, 0.2) is 0 Å². The second kappa shape index (κ2) is 10.2. The van der Waals surface area contributed by atoms with E-state index in [1.54, 1.807) is 0 Å². The van der Waals surface area contributed by atoms with Crippen LogP contribution in [0.5, 0.6) is 0 Å². The number of nitrogens with one attached hydrogen (secondary N) is 4. The predicted octanol–water partition coefficient (Wildman–Crippen LogP) is 1.68. The molecular weight excluding hydrogens is 439 g/mol. The number of rotatable bonds is 9. The van der Waals surface area contributed by atoms with Gasteiger partial charge >= 0.3 is 6.18 Å². The number of para-hydroxylation sites is 1. The molecule has 174 valence electrons. The van der Waals surface area contributed by atoms with E-state index in [0.29, 0.717) is 12.6 Å². The topological polar surface area (TPSA) is 129 Å². The van der Waals surface area contributed by atoms with E-state index in [-0.39, 0.29) is 12.1 Å². The third kappa shape index (κ3) is 6.32. The van der Waals surface area contributed by atoms with Crippen LogP contribution in [0.4, 0.5) is 13.2 Å². The fourth-order valence-corrected chi connectivity index (χ4v) is 3.20. The molecule has 8 nitrogen and oxygen atoms in total. The molecular formula is C22H22F3N5O3. The summed E-state index contributed by atoms with van der Waals surface area (Å²) in [5.74, 6) is -2.35. The number of hydrogen-bond donors (Lipinski definition) is 5. The summed E-state index contributed by atoms with van der Waals surface area (Å²) in [5, 5.41) is 8.69. The van der Waals surface area contributed by atoms with Crippen LogP contribution in [-0.4, -0.2) is 41.8 Å². The molecule has 3 aromatic rings. The summed E-state index contributed by atoms with van der Waals surface area (Å²) in [6.07, 6.45) is -2.76. The molecule has 1 aromatic heterocycles. The number of hydrogen-bond acceptors (Lipinski definition) is 4. The van der Waals surface area contributed by atoms with E-state index in [4.69, 9.17) is 5.73 Å². The average Bonchev–Trinajstić information content (AvgIpc) is 3.19. The zero-order chi connectivity index (χ0) is 24.0. The smallest absolute Gasteiger partial charge is 0.368 e. The molecule has 33 heavy (non-hydrogen) atoms. The molecule has 2 aromatic carbocycles. The molecule has 1 atom stereocenters. The molecule has 6 N–H and O–H groups in total. The number of nitrogens with two attached hydrogens (primary N) is 1. The lowest BCUT2D eigenvalue weighted by Gasteiger charge is -2.16. The standard InChI is InChI=1S/C22H22F3N5O3/c23-22(24,25)15-5-3-4-13(8-15)21(33)29-12-19(31)30-18(20(26)32)11-27-9-14-10-28-17-7-2-1-6-16(14)17/h1-8,10,18,27-28H,9,11-12H2,(H2,26,32)(H,29,33)(H,30,31)/t18-/m0/s1. The first-order valence-corrected chi connectivity index (χ1v) is 9.95. The summed E-state index contributed by atoms with van der Waals surface area (Å²) >= 11 is 0. The molecule has 0 radical (unpaired) electrons. The van der Waals surface area contributed by atoms with Crippen LogP contribution in [0.1, 0.15) is 21.5 Å². The SMILES string of the molecule is NC(=O)[C@H](CNCc1c[nH]c2ccccc12)NC(=O)CNC(=O)c1cccc(C(F)(F)F)c1. The van der Waals surface area contributed by atoms with Crippen molar-refractivity contribution in [1.82, 2.24) is 20.9 Å². The summed E-state index contributed by atoms with van der Waals surface area (Å²) in [7, 11) is 0. The molecule has 0 fully saturated rings. The summed E-state index contributed by atoms with van der Waals surface area (Å²) in [6.45, 7) is -0.0839. The Kier molecular flexibility index (Phi) is 7.34. The second-order valence-corrected chi connectivity index (χ2v) is 7.27. The van der Waals surface area contributed by atoms with E-state index in [0.717, 1.165) is 28.6 Å². The minimum absolute atomic E-state index is 0.0438. The van der Waals surface area contributed by atoms with Crippen molar-refractivity contribution in [1.29, 1.82) is 0 Å². The van der Waals surface area contributed by atoms with Gasteiger partial charge in [-0.25, -0.2) is 0 Å². The number of alkyl halides is 3. The van der Waals surface area contributed by atoms with Crippen molar-refractivity contribution in [3.8, 4) is 0 Å². The number of benzene rings is 2. The highest BCUT2D eigenvalue weighted by Gasteiger charge is 2.31. The maximum atomic E-state index is 12.8. The van der Waals surface area contributed by atoms with Gasteiger partial charge in [-0.15, -0.1) is 0 Å². The minimum atomic E-state index is -4.60. The number of fused-ring (bicyclic) bond motifs is 1. The molecule has 0 aliphatic rings. The highest BCUT2D eigenvalue weighted by molar-refractivity contribution is 5.97. The van der Waals surface area contributed by atoms with Gasteiger partial charge in [0.1, 0.15) is 6.04 Å². The highest BCUT2D eigenvalue weighted by atomic mass is 19.4. The van der Waals surface area contributed by atoms with Crippen LogP contribution < -0.4 is 21.7 Å². The lowest BCUT2D eigenvalue weighted by Crippen LogP contribution is -2.52. The molecule has 0 saturated heterocycles. The van der Waals surface area contributed by atoms with Gasteiger partial charge in [0.2, 0.25) is 11.8 Å². The van der Waals surface area contributed by atoms with Crippen LogP contribution in [0.2, 0.25) is 0 Å². The van der Waals surface area contributed by atoms with Gasteiger partial charge < -0.3 is 26.7 Å². The minimum Gasteiger partial charge on any atom is -0.368 e. The fourth-order valence-electron chi connectivity index (χ4n) is 3.20. The van der Waals surface area contributed by atoms with Gasteiger partial charge in [-0.1, -0.05) is 24.3 Å². The molecule has 0 aliphatic heterocycles. The Hall–Kier alpha value is -3.86. The van der Waals surface area contributed by atoms with Crippen LogP contribution in [-0.2, 0) is 22.3 Å². The fraction of sp³-hybridized carbons (Fsp3) is 0.227. The van der Waals surface area contributed by atoms with Gasteiger partial charge in [-0.2, -0.15) is 13.2 Å². The average molecular weight is 461 g/mol. The number of H-pyrrole nitrogens is 1. The normalized spacial score (nSPS) is 12.3. The van der Waals surface area contributed by atoms with E-state index in [1.807, 2.05) is 30.5 Å². The Morgan fingerprint density at radius 3 is 2.55 bits per heavy atom. The van der Waals surface area contributed by atoms with Crippen molar-refractivity contribution in [3.63, 3.8) is 0 Å². The Morgan fingerprint density at radius 2 is 1.82 bits per heavy atom. The molecule has 0 aliphatic carbocycles. The van der Waals surface area contributed by atoms with Crippen molar-refractivity contribution in [2.24, 2.45) is 5.73 Å². The zero-order valence-corrected chi connectivity index (χ0v) is 17.3. The van der Waals surface area contributed by atoms with Crippen LogP contribution in [0.25, 0.3) is 10.9 Å². The lowest BCUT2D eigenvalue weighted by molar-refractivity contribution is -0.137. The van der Waals surface area contributed by atoms with Crippen LogP contribution in [0.3, 0.4) is 0 Å². The predicted molar refractivity (Wildman–Crippen MR) is 115 cm³/mol. The maximum absolute atomic E-state index is 12.8. The number of carbonyl (C=O) groups is 3. The Morgan fingerprint density at radius 1 is 1.06 bits per heavy atom. The van der Waals surface area contributed by atoms with E-state index in [9.17, 15) is 27.6 Å². The van der Waals surface area contributed by atoms with Crippen LogP contribution in [0.15, 0.2) is 54.7 Å². The van der Waals surface area contributed by atoms with Gasteiger partial charge in [0, 0.05) is 35.8 Å². The van der Waals surface area contributed by atoms with Gasteiger partial charge in [-0.3, -0.25) is 14.4 Å². The zero-order valence-electron chi connectivity index (χ0n) is 17.3. The first-order chi connectivity index (χ1) is 15.6. The van der Waals surface area contributed by atoms with Crippen molar-refractivity contribution in [3.05, 3.63) is 71.4 Å². The third-order valence-electron chi connectivity index (χ3n) is 4.88. The number of primary amides is 1. The quantitative estimate of drug-likeness (QED) is 0.332. The Balaban J connectivity index is 1.50. The summed E-state index contributed by atoms with van der Waals surface area (Å²) < 4.78 is 38.4. The van der Waals surface area contributed by atoms with Crippen LogP contribution in [0, 0.1) is 0 Å². The molecule has 1 heterocycles. The van der Waals surface area contributed by atoms with Crippen molar-refractivity contribution in [2.75, 3.05) is 13.1 Å². The number of amides is 3.